The van der Waals surface area contributed by atoms with Crippen molar-refractivity contribution in [2.24, 2.45) is 5.73 Å². The van der Waals surface area contributed by atoms with Crippen LogP contribution in [0.1, 0.15) is 25.6 Å². The van der Waals surface area contributed by atoms with Gasteiger partial charge >= 0.3 is 0 Å². The summed E-state index contributed by atoms with van der Waals surface area (Å²) in [6, 6.07) is 0. The minimum Gasteiger partial charge on any atom is -0.330 e. The lowest BCUT2D eigenvalue weighted by molar-refractivity contribution is 0.551. The molecule has 2 N–H and O–H groups in total. The zero-order valence-corrected chi connectivity index (χ0v) is 9.33. The molecule has 1 aromatic rings. The van der Waals surface area contributed by atoms with Crippen molar-refractivity contribution in [3.63, 3.8) is 0 Å². The van der Waals surface area contributed by atoms with E-state index < -0.39 is 0 Å². The zero-order chi connectivity index (χ0) is 10.2. The van der Waals surface area contributed by atoms with E-state index in [4.69, 9.17) is 5.73 Å². The van der Waals surface area contributed by atoms with Crippen LogP contribution in [-0.2, 0) is 12.3 Å². The molecule has 1 heterocycles. The quantitative estimate of drug-likeness (QED) is 0.677. The molecule has 0 atom stereocenters. The van der Waals surface area contributed by atoms with Crippen molar-refractivity contribution in [1.82, 2.24) is 20.2 Å². The highest BCUT2D eigenvalue weighted by atomic mass is 32.2. The minimum atomic E-state index is 0.682. The number of thioether (sulfide) groups is 1. The van der Waals surface area contributed by atoms with E-state index in [-0.39, 0.29) is 0 Å². The molecule has 0 radical (unpaired) electrons. The fourth-order valence-electron chi connectivity index (χ4n) is 1.05. The van der Waals surface area contributed by atoms with Gasteiger partial charge in [0.25, 0.3) is 0 Å². The fraction of sp³-hybridized carbons (Fsp3) is 0.875. The van der Waals surface area contributed by atoms with Crippen LogP contribution in [0.2, 0.25) is 0 Å². The second kappa shape index (κ2) is 6.78. The first-order valence-corrected chi connectivity index (χ1v) is 6.06. The molecule has 0 fully saturated rings. The number of hydrogen-bond acceptors (Lipinski definition) is 5. The van der Waals surface area contributed by atoms with Crippen LogP contribution >= 0.6 is 11.8 Å². The molecule has 0 bridgehead atoms. The first-order valence-electron chi connectivity index (χ1n) is 4.91. The standard InChI is InChI=1S/C8H17N5S/c1-2-6-14-7-8-10-11-12-13(8)5-3-4-9/h2-7,9H2,1H3. The number of aryl methyl sites for hydroxylation is 1. The molecule has 0 unspecified atom stereocenters. The molecule has 80 valence electrons. The second-order valence-corrected chi connectivity index (χ2v) is 4.12. The Morgan fingerprint density at radius 3 is 3.07 bits per heavy atom. The Balaban J connectivity index is 2.37. The Morgan fingerprint density at radius 2 is 2.36 bits per heavy atom. The largest absolute Gasteiger partial charge is 0.330 e. The highest BCUT2D eigenvalue weighted by Gasteiger charge is 2.04. The monoisotopic (exact) mass is 215 g/mol. The van der Waals surface area contributed by atoms with E-state index in [1.165, 1.54) is 6.42 Å². The van der Waals surface area contributed by atoms with Gasteiger partial charge in [-0.15, -0.1) is 5.10 Å². The molecule has 0 saturated heterocycles. The van der Waals surface area contributed by atoms with Gasteiger partial charge in [0.2, 0.25) is 0 Å². The van der Waals surface area contributed by atoms with E-state index in [1.54, 1.807) is 0 Å². The number of aromatic nitrogens is 4. The van der Waals surface area contributed by atoms with Gasteiger partial charge < -0.3 is 5.73 Å². The maximum absolute atomic E-state index is 5.43. The van der Waals surface area contributed by atoms with E-state index in [0.717, 1.165) is 30.3 Å². The number of nitrogens with zero attached hydrogens (tertiary/aromatic N) is 4. The first-order chi connectivity index (χ1) is 6.88. The van der Waals surface area contributed by atoms with Crippen molar-refractivity contribution in [2.75, 3.05) is 12.3 Å². The van der Waals surface area contributed by atoms with Gasteiger partial charge in [0.05, 0.1) is 5.75 Å². The lowest BCUT2D eigenvalue weighted by Crippen LogP contribution is -2.09. The molecular formula is C8H17N5S. The van der Waals surface area contributed by atoms with Gasteiger partial charge in [-0.2, -0.15) is 11.8 Å². The SMILES string of the molecule is CCCSCc1nnnn1CCCN. The summed E-state index contributed by atoms with van der Waals surface area (Å²) in [5.41, 5.74) is 5.43. The smallest absolute Gasteiger partial charge is 0.161 e. The second-order valence-electron chi connectivity index (χ2n) is 3.01. The van der Waals surface area contributed by atoms with Crippen molar-refractivity contribution in [1.29, 1.82) is 0 Å². The maximum Gasteiger partial charge on any atom is 0.161 e. The van der Waals surface area contributed by atoms with Gasteiger partial charge in [-0.05, 0) is 35.6 Å². The van der Waals surface area contributed by atoms with Gasteiger partial charge in [0, 0.05) is 6.54 Å². The summed E-state index contributed by atoms with van der Waals surface area (Å²) in [5.74, 6) is 3.01. The third-order valence-electron chi connectivity index (χ3n) is 1.76. The van der Waals surface area contributed by atoms with Crippen LogP contribution in [0.4, 0.5) is 0 Å². The van der Waals surface area contributed by atoms with Gasteiger partial charge in [0.1, 0.15) is 0 Å². The summed E-state index contributed by atoms with van der Waals surface area (Å²) in [4.78, 5) is 0. The van der Waals surface area contributed by atoms with Crippen LogP contribution in [-0.4, -0.2) is 32.5 Å². The molecule has 0 spiro atoms. The van der Waals surface area contributed by atoms with Crippen LogP contribution in [0.25, 0.3) is 0 Å². The van der Waals surface area contributed by atoms with Crippen LogP contribution < -0.4 is 5.73 Å². The van der Waals surface area contributed by atoms with Gasteiger partial charge in [-0.25, -0.2) is 4.68 Å². The zero-order valence-electron chi connectivity index (χ0n) is 8.52. The van der Waals surface area contributed by atoms with E-state index >= 15 is 0 Å². The maximum atomic E-state index is 5.43. The van der Waals surface area contributed by atoms with Crippen LogP contribution in [0, 0.1) is 0 Å². The number of nitrogens with two attached hydrogens (primary N) is 1. The molecule has 6 heteroatoms. The Hall–Kier alpha value is -0.620. The fourth-order valence-corrected chi connectivity index (χ4v) is 1.87. The molecule has 0 aliphatic heterocycles. The predicted octanol–water partition coefficient (Wildman–Crippen LogP) is 0.665. The highest BCUT2D eigenvalue weighted by Crippen LogP contribution is 2.09. The molecule has 0 aromatic carbocycles. The van der Waals surface area contributed by atoms with Crippen molar-refractivity contribution in [3.8, 4) is 0 Å². The minimum absolute atomic E-state index is 0.682. The summed E-state index contributed by atoms with van der Waals surface area (Å²) in [7, 11) is 0. The molecule has 0 aliphatic carbocycles. The Kier molecular flexibility index (Phi) is 5.55. The van der Waals surface area contributed by atoms with E-state index in [9.17, 15) is 0 Å². The van der Waals surface area contributed by atoms with Crippen molar-refractivity contribution >= 4 is 11.8 Å². The Bertz CT molecular complexity index is 250. The highest BCUT2D eigenvalue weighted by molar-refractivity contribution is 7.98. The molecule has 5 nitrogen and oxygen atoms in total. The summed E-state index contributed by atoms with van der Waals surface area (Å²) in [6.45, 7) is 3.68. The number of tetrazole rings is 1. The topological polar surface area (TPSA) is 69.6 Å². The van der Waals surface area contributed by atoms with Gasteiger partial charge in [0.15, 0.2) is 5.82 Å². The third-order valence-corrected chi connectivity index (χ3v) is 2.92. The predicted molar refractivity (Wildman–Crippen MR) is 57.9 cm³/mol. The average Bonchev–Trinajstić information content (AvgIpc) is 2.63. The third kappa shape index (κ3) is 3.63. The molecule has 0 aliphatic rings. The Morgan fingerprint density at radius 1 is 1.50 bits per heavy atom. The normalized spacial score (nSPS) is 10.7. The van der Waals surface area contributed by atoms with Crippen molar-refractivity contribution < 1.29 is 0 Å². The number of rotatable bonds is 7. The average molecular weight is 215 g/mol. The summed E-state index contributed by atoms with van der Waals surface area (Å²) in [5, 5.41) is 11.6. The summed E-state index contributed by atoms with van der Waals surface area (Å²) < 4.78 is 1.84. The van der Waals surface area contributed by atoms with E-state index in [0.29, 0.717) is 6.54 Å². The molecular weight excluding hydrogens is 198 g/mol. The van der Waals surface area contributed by atoms with Crippen LogP contribution in [0.3, 0.4) is 0 Å². The summed E-state index contributed by atoms with van der Waals surface area (Å²) in [6.07, 6.45) is 2.12. The van der Waals surface area contributed by atoms with Crippen LogP contribution in [0.15, 0.2) is 0 Å². The lowest BCUT2D eigenvalue weighted by Gasteiger charge is -2.02. The molecule has 0 saturated carbocycles. The Labute approximate surface area is 88.4 Å². The van der Waals surface area contributed by atoms with Gasteiger partial charge in [-0.1, -0.05) is 6.92 Å². The van der Waals surface area contributed by atoms with E-state index in [1.807, 2.05) is 16.4 Å². The first kappa shape index (κ1) is 11.5. The molecule has 1 aromatic heterocycles. The number of hydrogen-bond donors (Lipinski definition) is 1. The van der Waals surface area contributed by atoms with E-state index in [2.05, 4.69) is 22.4 Å². The lowest BCUT2D eigenvalue weighted by atomic mass is 10.4. The molecule has 14 heavy (non-hydrogen) atoms. The van der Waals surface area contributed by atoms with Gasteiger partial charge in [-0.3, -0.25) is 0 Å². The van der Waals surface area contributed by atoms with Crippen molar-refractivity contribution in [3.05, 3.63) is 5.82 Å². The van der Waals surface area contributed by atoms with Crippen molar-refractivity contribution in [2.45, 2.75) is 32.1 Å². The summed E-state index contributed by atoms with van der Waals surface area (Å²) >= 11 is 1.86. The molecule has 1 rings (SSSR count). The molecule has 0 amide bonds. The van der Waals surface area contributed by atoms with Crippen LogP contribution in [0.5, 0.6) is 0 Å².